The first-order valence-corrected chi connectivity index (χ1v) is 9.92. The second-order valence-electron chi connectivity index (χ2n) is 7.05. The summed E-state index contributed by atoms with van der Waals surface area (Å²) >= 11 is 5.91. The van der Waals surface area contributed by atoms with E-state index >= 15 is 0 Å². The van der Waals surface area contributed by atoms with Crippen molar-refractivity contribution < 1.29 is 9.59 Å². The molecule has 2 amide bonds. The molecule has 2 N–H and O–H groups in total. The molecule has 2 aromatic carbocycles. The van der Waals surface area contributed by atoms with Gasteiger partial charge in [0.1, 0.15) is 0 Å². The maximum absolute atomic E-state index is 12.4. The Balaban J connectivity index is 1.64. The summed E-state index contributed by atoms with van der Waals surface area (Å²) in [4.78, 5) is 24.6. The van der Waals surface area contributed by atoms with Gasteiger partial charge in [-0.3, -0.25) is 9.59 Å². The molecule has 0 aliphatic heterocycles. The second kappa shape index (κ2) is 9.51. The molecule has 0 spiro atoms. The summed E-state index contributed by atoms with van der Waals surface area (Å²) in [6, 6.07) is 14.2. The van der Waals surface area contributed by atoms with E-state index in [4.69, 9.17) is 11.6 Å². The number of amides is 2. The van der Waals surface area contributed by atoms with E-state index in [2.05, 4.69) is 15.8 Å². The van der Waals surface area contributed by atoms with Crippen molar-refractivity contribution in [2.75, 3.05) is 5.32 Å². The summed E-state index contributed by atoms with van der Waals surface area (Å²) < 4.78 is 0. The van der Waals surface area contributed by atoms with Crippen LogP contribution in [0.25, 0.3) is 0 Å². The lowest BCUT2D eigenvalue weighted by atomic mass is 9.88. The van der Waals surface area contributed by atoms with Crippen LogP contribution in [0.2, 0.25) is 5.02 Å². The van der Waals surface area contributed by atoms with Crippen molar-refractivity contribution in [1.29, 1.82) is 0 Å². The van der Waals surface area contributed by atoms with Crippen molar-refractivity contribution in [2.24, 2.45) is 11.0 Å². The third-order valence-electron chi connectivity index (χ3n) is 4.94. The molecule has 2 aromatic rings. The van der Waals surface area contributed by atoms with Gasteiger partial charge in [-0.15, -0.1) is 0 Å². The molecule has 146 valence electrons. The fourth-order valence-electron chi connectivity index (χ4n) is 3.32. The Kier molecular flexibility index (Phi) is 6.82. The Morgan fingerprint density at radius 3 is 2.46 bits per heavy atom. The lowest BCUT2D eigenvalue weighted by Gasteiger charge is -2.20. The molecule has 1 fully saturated rings. The summed E-state index contributed by atoms with van der Waals surface area (Å²) in [7, 11) is 0. The van der Waals surface area contributed by atoms with Crippen LogP contribution in [0.1, 0.15) is 54.9 Å². The molecule has 0 atom stereocenters. The van der Waals surface area contributed by atoms with Gasteiger partial charge in [0.05, 0.1) is 5.71 Å². The van der Waals surface area contributed by atoms with Gasteiger partial charge in [0.15, 0.2) is 0 Å². The van der Waals surface area contributed by atoms with Crippen LogP contribution in [0, 0.1) is 5.92 Å². The van der Waals surface area contributed by atoms with E-state index in [1.165, 1.54) is 6.42 Å². The highest BCUT2D eigenvalue weighted by atomic mass is 35.5. The molecule has 1 saturated carbocycles. The molecule has 0 unspecified atom stereocenters. The summed E-state index contributed by atoms with van der Waals surface area (Å²) in [6.07, 6.45) is 5.38. The lowest BCUT2D eigenvalue weighted by molar-refractivity contribution is -0.120. The van der Waals surface area contributed by atoms with Gasteiger partial charge in [0, 0.05) is 22.2 Å². The van der Waals surface area contributed by atoms with Crippen molar-refractivity contribution in [3.8, 4) is 0 Å². The molecule has 0 aromatic heterocycles. The number of hydrazone groups is 1. The molecule has 0 saturated heterocycles. The molecule has 0 radical (unpaired) electrons. The van der Waals surface area contributed by atoms with Crippen molar-refractivity contribution in [1.82, 2.24) is 5.43 Å². The number of hydrogen-bond acceptors (Lipinski definition) is 3. The number of carbonyl (C=O) groups excluding carboxylic acids is 2. The predicted octanol–water partition coefficient (Wildman–Crippen LogP) is 5.01. The fraction of sp³-hybridized carbons (Fsp3) is 0.318. The summed E-state index contributed by atoms with van der Waals surface area (Å²) in [6.45, 7) is 1.81. The van der Waals surface area contributed by atoms with E-state index in [1.807, 2.05) is 24.3 Å². The smallest absolute Gasteiger partial charge is 0.271 e. The predicted molar refractivity (Wildman–Crippen MR) is 113 cm³/mol. The number of carbonyl (C=O) groups is 2. The van der Waals surface area contributed by atoms with Gasteiger partial charge in [-0.2, -0.15) is 5.10 Å². The first-order valence-electron chi connectivity index (χ1n) is 9.54. The topological polar surface area (TPSA) is 70.6 Å². The van der Waals surface area contributed by atoms with Gasteiger partial charge in [-0.05, 0) is 55.7 Å². The van der Waals surface area contributed by atoms with Crippen LogP contribution in [-0.4, -0.2) is 17.5 Å². The Morgan fingerprint density at radius 2 is 1.71 bits per heavy atom. The van der Waals surface area contributed by atoms with E-state index in [9.17, 15) is 9.59 Å². The largest absolute Gasteiger partial charge is 0.326 e. The Morgan fingerprint density at radius 1 is 1.00 bits per heavy atom. The zero-order valence-corrected chi connectivity index (χ0v) is 16.6. The number of nitrogens with one attached hydrogen (secondary N) is 2. The number of benzene rings is 2. The molecule has 3 rings (SSSR count). The molecule has 1 aliphatic carbocycles. The Labute approximate surface area is 170 Å². The van der Waals surface area contributed by atoms with E-state index < -0.39 is 0 Å². The average molecular weight is 398 g/mol. The lowest BCUT2D eigenvalue weighted by Crippen LogP contribution is -2.24. The molecule has 6 heteroatoms. The van der Waals surface area contributed by atoms with E-state index in [-0.39, 0.29) is 17.7 Å². The van der Waals surface area contributed by atoms with Gasteiger partial charge < -0.3 is 5.32 Å². The number of hydrogen-bond donors (Lipinski definition) is 2. The summed E-state index contributed by atoms with van der Waals surface area (Å²) in [5.41, 5.74) is 5.19. The molecule has 1 aliphatic rings. The first kappa shape index (κ1) is 20.1. The molecule has 0 heterocycles. The normalized spacial score (nSPS) is 15.1. The third-order valence-corrected chi connectivity index (χ3v) is 5.17. The zero-order chi connectivity index (χ0) is 19.9. The summed E-state index contributed by atoms with van der Waals surface area (Å²) in [5.74, 6) is -0.145. The third kappa shape index (κ3) is 5.42. The first-order chi connectivity index (χ1) is 13.5. The second-order valence-corrected chi connectivity index (χ2v) is 7.49. The van der Waals surface area contributed by atoms with Gasteiger partial charge in [-0.1, -0.05) is 49.1 Å². The molecule has 0 bridgehead atoms. The molecule has 28 heavy (non-hydrogen) atoms. The summed E-state index contributed by atoms with van der Waals surface area (Å²) in [5, 5.41) is 7.67. The van der Waals surface area contributed by atoms with Crippen molar-refractivity contribution >= 4 is 34.8 Å². The number of anilines is 1. The van der Waals surface area contributed by atoms with Crippen molar-refractivity contribution in [2.45, 2.75) is 39.0 Å². The highest BCUT2D eigenvalue weighted by Crippen LogP contribution is 2.25. The highest BCUT2D eigenvalue weighted by molar-refractivity contribution is 6.31. The Bertz CT molecular complexity index is 889. The number of halogens is 1. The maximum Gasteiger partial charge on any atom is 0.271 e. The van der Waals surface area contributed by atoms with Crippen LogP contribution in [0.5, 0.6) is 0 Å². The van der Waals surface area contributed by atoms with Crippen molar-refractivity contribution in [3.05, 3.63) is 64.7 Å². The van der Waals surface area contributed by atoms with Crippen LogP contribution in [0.15, 0.2) is 53.6 Å². The van der Waals surface area contributed by atoms with Gasteiger partial charge >= 0.3 is 0 Å². The average Bonchev–Trinajstić information content (AvgIpc) is 2.72. The monoisotopic (exact) mass is 397 g/mol. The highest BCUT2D eigenvalue weighted by Gasteiger charge is 2.21. The van der Waals surface area contributed by atoms with Crippen molar-refractivity contribution in [3.63, 3.8) is 0 Å². The van der Waals surface area contributed by atoms with Crippen LogP contribution >= 0.6 is 11.6 Å². The fourth-order valence-corrected chi connectivity index (χ4v) is 3.51. The standard InChI is InChI=1S/C22H24ClN3O2/c1-15(25-26-22(28)18-10-5-11-19(23)13-18)17-9-6-12-20(14-17)24-21(27)16-7-3-2-4-8-16/h5-6,9-14,16H,2-4,7-8H2,1H3,(H,24,27)(H,26,28)/b25-15-. The van der Waals surface area contributed by atoms with Gasteiger partial charge in [0.25, 0.3) is 5.91 Å². The number of rotatable bonds is 5. The minimum Gasteiger partial charge on any atom is -0.326 e. The quantitative estimate of drug-likeness (QED) is 0.549. The minimum absolute atomic E-state index is 0.0840. The Hall–Kier alpha value is -2.66. The molecular weight excluding hydrogens is 374 g/mol. The van der Waals surface area contributed by atoms with Crippen LogP contribution in [0.3, 0.4) is 0 Å². The van der Waals surface area contributed by atoms with Crippen LogP contribution < -0.4 is 10.7 Å². The van der Waals surface area contributed by atoms with Crippen LogP contribution in [-0.2, 0) is 4.79 Å². The van der Waals surface area contributed by atoms with E-state index in [0.29, 0.717) is 16.3 Å². The van der Waals surface area contributed by atoms with E-state index in [1.54, 1.807) is 31.2 Å². The molecule has 5 nitrogen and oxygen atoms in total. The number of nitrogens with zero attached hydrogens (tertiary/aromatic N) is 1. The molecular formula is C22H24ClN3O2. The van der Waals surface area contributed by atoms with Gasteiger partial charge in [0.2, 0.25) is 5.91 Å². The maximum atomic E-state index is 12.4. The van der Waals surface area contributed by atoms with E-state index in [0.717, 1.165) is 36.9 Å². The SMILES string of the molecule is C/C(=N/NC(=O)c1cccc(Cl)c1)c1cccc(NC(=O)C2CCCCC2)c1. The minimum atomic E-state index is -0.330. The zero-order valence-electron chi connectivity index (χ0n) is 15.9. The van der Waals surface area contributed by atoms with Crippen LogP contribution in [0.4, 0.5) is 5.69 Å². The van der Waals surface area contributed by atoms with Gasteiger partial charge in [-0.25, -0.2) is 5.43 Å².